The van der Waals surface area contributed by atoms with Gasteiger partial charge in [0.15, 0.2) is 0 Å². The molecular formula is C8H6BrN3OS. The van der Waals surface area contributed by atoms with Gasteiger partial charge in [0.25, 0.3) is 0 Å². The first-order valence-corrected chi connectivity index (χ1v) is 5.05. The number of hydrogen-bond donors (Lipinski definition) is 2. The van der Waals surface area contributed by atoms with Gasteiger partial charge in [-0.3, -0.25) is 5.10 Å². The number of aromatic nitrogens is 3. The fourth-order valence-electron chi connectivity index (χ4n) is 1.16. The van der Waals surface area contributed by atoms with Crippen LogP contribution < -0.4 is 5.69 Å². The van der Waals surface area contributed by atoms with Gasteiger partial charge in [0.2, 0.25) is 4.77 Å². The van der Waals surface area contributed by atoms with E-state index in [-0.39, 0.29) is 5.69 Å². The number of benzene rings is 1. The molecule has 1 heterocycles. The molecule has 1 aromatic carbocycles. The molecule has 2 N–H and O–H groups in total. The Balaban J connectivity index is 2.79. The number of rotatable bonds is 1. The van der Waals surface area contributed by atoms with E-state index in [1.807, 2.05) is 24.3 Å². The Morgan fingerprint density at radius 2 is 2.00 bits per heavy atom. The lowest BCUT2D eigenvalue weighted by Crippen LogP contribution is -2.15. The number of nitrogens with one attached hydrogen (secondary N) is 2. The first-order valence-electron chi connectivity index (χ1n) is 3.85. The van der Waals surface area contributed by atoms with Gasteiger partial charge in [0, 0.05) is 4.47 Å². The van der Waals surface area contributed by atoms with E-state index in [1.54, 1.807) is 0 Å². The molecule has 0 amide bonds. The van der Waals surface area contributed by atoms with Crippen LogP contribution in [0.5, 0.6) is 0 Å². The number of nitrogens with zero attached hydrogens (tertiary/aromatic N) is 1. The van der Waals surface area contributed by atoms with Gasteiger partial charge in [-0.05, 0) is 40.3 Å². The van der Waals surface area contributed by atoms with Crippen LogP contribution in [0.2, 0.25) is 0 Å². The molecule has 0 aliphatic heterocycles. The topological polar surface area (TPSA) is 53.6 Å². The second-order valence-electron chi connectivity index (χ2n) is 2.65. The van der Waals surface area contributed by atoms with Crippen molar-refractivity contribution in [1.82, 2.24) is 14.8 Å². The Bertz CT molecular complexity index is 541. The van der Waals surface area contributed by atoms with Crippen molar-refractivity contribution in [3.63, 3.8) is 0 Å². The standard InChI is InChI=1S/C8H6BrN3OS/c9-5-3-1-2-4-6(5)12-7(13)10-11-8(12)14/h1-4H,(H,10,13)(H,11,14). The molecule has 0 radical (unpaired) electrons. The summed E-state index contributed by atoms with van der Waals surface area (Å²) in [5, 5.41) is 5.00. The zero-order valence-electron chi connectivity index (χ0n) is 6.95. The van der Waals surface area contributed by atoms with Gasteiger partial charge in [-0.25, -0.2) is 14.5 Å². The third-order valence-electron chi connectivity index (χ3n) is 1.78. The van der Waals surface area contributed by atoms with Crippen LogP contribution in [0.15, 0.2) is 33.5 Å². The van der Waals surface area contributed by atoms with E-state index in [2.05, 4.69) is 26.1 Å². The molecule has 0 aliphatic rings. The van der Waals surface area contributed by atoms with Crippen LogP contribution in [0.25, 0.3) is 5.69 Å². The molecule has 14 heavy (non-hydrogen) atoms. The average Bonchev–Trinajstić information content (AvgIpc) is 2.48. The van der Waals surface area contributed by atoms with E-state index in [4.69, 9.17) is 12.2 Å². The predicted octanol–water partition coefficient (Wildman–Crippen LogP) is 1.99. The van der Waals surface area contributed by atoms with Crippen LogP contribution in [-0.2, 0) is 0 Å². The van der Waals surface area contributed by atoms with Crippen LogP contribution in [0.1, 0.15) is 0 Å². The highest BCUT2D eigenvalue weighted by Crippen LogP contribution is 2.18. The molecular weight excluding hydrogens is 266 g/mol. The van der Waals surface area contributed by atoms with Crippen LogP contribution in [0, 0.1) is 4.77 Å². The summed E-state index contributed by atoms with van der Waals surface area (Å²) < 4.78 is 2.56. The minimum absolute atomic E-state index is 0.276. The molecule has 0 saturated carbocycles. The van der Waals surface area contributed by atoms with Gasteiger partial charge in [0.05, 0.1) is 5.69 Å². The highest BCUT2D eigenvalue weighted by Gasteiger charge is 2.05. The fraction of sp³-hybridized carbons (Fsp3) is 0. The maximum atomic E-state index is 11.4. The van der Waals surface area contributed by atoms with Gasteiger partial charge in [-0.1, -0.05) is 12.1 Å². The molecule has 2 rings (SSSR count). The Hall–Kier alpha value is -1.14. The molecule has 72 valence electrons. The zero-order valence-corrected chi connectivity index (χ0v) is 9.35. The van der Waals surface area contributed by atoms with E-state index in [0.717, 1.165) is 10.2 Å². The van der Waals surface area contributed by atoms with Crippen LogP contribution in [-0.4, -0.2) is 14.8 Å². The van der Waals surface area contributed by atoms with Crippen molar-refractivity contribution in [1.29, 1.82) is 0 Å². The lowest BCUT2D eigenvalue weighted by Gasteiger charge is -2.01. The third kappa shape index (κ3) is 1.46. The Labute approximate surface area is 92.7 Å². The molecule has 0 saturated heterocycles. The number of H-pyrrole nitrogens is 2. The summed E-state index contributed by atoms with van der Waals surface area (Å²) >= 11 is 8.32. The number of hydrogen-bond acceptors (Lipinski definition) is 2. The highest BCUT2D eigenvalue weighted by atomic mass is 79.9. The monoisotopic (exact) mass is 271 g/mol. The van der Waals surface area contributed by atoms with Crippen molar-refractivity contribution < 1.29 is 0 Å². The van der Waals surface area contributed by atoms with Crippen molar-refractivity contribution in [3.8, 4) is 5.69 Å². The van der Waals surface area contributed by atoms with Crippen molar-refractivity contribution in [3.05, 3.63) is 44.0 Å². The van der Waals surface area contributed by atoms with E-state index >= 15 is 0 Å². The van der Waals surface area contributed by atoms with Crippen LogP contribution >= 0.6 is 28.1 Å². The average molecular weight is 272 g/mol. The second kappa shape index (κ2) is 3.55. The summed E-state index contributed by atoms with van der Waals surface area (Å²) in [4.78, 5) is 11.4. The molecule has 0 aliphatic carbocycles. The summed E-state index contributed by atoms with van der Waals surface area (Å²) in [6.45, 7) is 0. The molecule has 0 bridgehead atoms. The molecule has 6 heteroatoms. The largest absolute Gasteiger partial charge is 0.347 e. The maximum absolute atomic E-state index is 11.4. The molecule has 1 aromatic heterocycles. The minimum Gasteiger partial charge on any atom is -0.272 e. The van der Waals surface area contributed by atoms with Gasteiger partial charge in [-0.15, -0.1) is 0 Å². The summed E-state index contributed by atoms with van der Waals surface area (Å²) in [5.41, 5.74) is 0.446. The molecule has 4 nitrogen and oxygen atoms in total. The van der Waals surface area contributed by atoms with Crippen molar-refractivity contribution in [2.24, 2.45) is 0 Å². The van der Waals surface area contributed by atoms with Gasteiger partial charge < -0.3 is 0 Å². The normalized spacial score (nSPS) is 10.4. The van der Waals surface area contributed by atoms with Crippen molar-refractivity contribution in [2.75, 3.05) is 0 Å². The maximum Gasteiger partial charge on any atom is 0.347 e. The first kappa shape index (κ1) is 9.42. The Kier molecular flexibility index (Phi) is 2.39. The number of para-hydroxylation sites is 1. The number of aromatic amines is 2. The lowest BCUT2D eigenvalue weighted by atomic mass is 10.3. The zero-order chi connectivity index (χ0) is 10.1. The summed E-state index contributed by atoms with van der Waals surface area (Å²) in [6, 6.07) is 7.37. The van der Waals surface area contributed by atoms with Gasteiger partial charge in [-0.2, -0.15) is 0 Å². The Morgan fingerprint density at radius 3 is 2.57 bits per heavy atom. The van der Waals surface area contributed by atoms with Gasteiger partial charge in [0.1, 0.15) is 0 Å². The van der Waals surface area contributed by atoms with E-state index in [0.29, 0.717) is 4.77 Å². The number of halogens is 1. The molecule has 0 fully saturated rings. The van der Waals surface area contributed by atoms with E-state index in [9.17, 15) is 4.79 Å². The highest BCUT2D eigenvalue weighted by molar-refractivity contribution is 9.10. The van der Waals surface area contributed by atoms with Crippen LogP contribution in [0.3, 0.4) is 0 Å². The van der Waals surface area contributed by atoms with E-state index in [1.165, 1.54) is 4.57 Å². The minimum atomic E-state index is -0.276. The molecule has 0 atom stereocenters. The molecule has 0 spiro atoms. The smallest absolute Gasteiger partial charge is 0.272 e. The fourth-order valence-corrected chi connectivity index (χ4v) is 1.86. The third-order valence-corrected chi connectivity index (χ3v) is 2.73. The SMILES string of the molecule is O=c1[nH][nH]c(=S)n1-c1ccccc1Br. The quantitative estimate of drug-likeness (QED) is 0.780. The van der Waals surface area contributed by atoms with E-state index < -0.39 is 0 Å². The lowest BCUT2D eigenvalue weighted by molar-refractivity contribution is 0.970. The second-order valence-corrected chi connectivity index (χ2v) is 3.89. The summed E-state index contributed by atoms with van der Waals surface area (Å²) in [7, 11) is 0. The van der Waals surface area contributed by atoms with Gasteiger partial charge >= 0.3 is 5.69 Å². The van der Waals surface area contributed by atoms with Crippen LogP contribution in [0.4, 0.5) is 0 Å². The predicted molar refractivity (Wildman–Crippen MR) is 59.3 cm³/mol. The molecule has 0 unspecified atom stereocenters. The van der Waals surface area contributed by atoms with Crippen molar-refractivity contribution >= 4 is 28.1 Å². The Morgan fingerprint density at radius 1 is 1.29 bits per heavy atom. The van der Waals surface area contributed by atoms with Crippen molar-refractivity contribution in [2.45, 2.75) is 0 Å². The summed E-state index contributed by atoms with van der Waals surface area (Å²) in [5.74, 6) is 0. The first-order chi connectivity index (χ1) is 6.70. The summed E-state index contributed by atoms with van der Waals surface area (Å²) in [6.07, 6.45) is 0. The molecule has 2 aromatic rings.